The zero-order valence-corrected chi connectivity index (χ0v) is 13.3. The number of aromatic nitrogens is 2. The highest BCUT2D eigenvalue weighted by atomic mass is 35.5. The smallest absolute Gasteiger partial charge is 0.288 e. The van der Waals surface area contributed by atoms with Crippen molar-refractivity contribution in [1.29, 1.82) is 0 Å². The molecule has 0 amide bonds. The molecule has 0 spiro atoms. The fraction of sp³-hybridized carbons (Fsp3) is 0.733. The molecule has 4 nitrogen and oxygen atoms in total. The van der Waals surface area contributed by atoms with Crippen molar-refractivity contribution in [2.45, 2.75) is 58.4 Å². The molecule has 112 valence electrons. The maximum Gasteiger partial charge on any atom is 0.288 e. The van der Waals surface area contributed by atoms with Gasteiger partial charge in [-0.15, -0.1) is 0 Å². The van der Waals surface area contributed by atoms with Gasteiger partial charge in [-0.1, -0.05) is 30.9 Å². The third kappa shape index (κ3) is 3.54. The number of hydrogen-bond acceptors (Lipinski definition) is 3. The third-order valence-electron chi connectivity index (χ3n) is 3.86. The summed E-state index contributed by atoms with van der Waals surface area (Å²) < 4.78 is 1.43. The lowest BCUT2D eigenvalue weighted by Crippen LogP contribution is -2.36. The molecule has 0 aromatic carbocycles. The lowest BCUT2D eigenvalue weighted by Gasteiger charge is -2.24. The van der Waals surface area contributed by atoms with Crippen LogP contribution in [0.2, 0.25) is 5.02 Å². The maximum absolute atomic E-state index is 12.2. The molecule has 1 aromatic rings. The normalized spacial score (nSPS) is 17.2. The van der Waals surface area contributed by atoms with E-state index in [9.17, 15) is 4.79 Å². The Kier molecular flexibility index (Phi) is 4.74. The van der Waals surface area contributed by atoms with Gasteiger partial charge in [0.15, 0.2) is 0 Å². The highest BCUT2D eigenvalue weighted by molar-refractivity contribution is 6.32. The molecule has 1 saturated carbocycles. The van der Waals surface area contributed by atoms with Crippen molar-refractivity contribution in [3.63, 3.8) is 0 Å². The van der Waals surface area contributed by atoms with Crippen LogP contribution in [0.1, 0.15) is 52.9 Å². The second-order valence-corrected chi connectivity index (χ2v) is 7.02. The Labute approximate surface area is 125 Å². The largest absolute Gasteiger partial charge is 0.382 e. The lowest BCUT2D eigenvalue weighted by atomic mass is 9.89. The Bertz CT molecular complexity index is 513. The first-order chi connectivity index (χ1) is 9.39. The molecule has 2 rings (SSSR count). The molecular formula is C15H24ClN3O. The molecule has 1 N–H and O–H groups in total. The monoisotopic (exact) mass is 297 g/mol. The molecule has 20 heavy (non-hydrogen) atoms. The second-order valence-electron chi connectivity index (χ2n) is 6.64. The summed E-state index contributed by atoms with van der Waals surface area (Å²) in [5.41, 5.74) is 0.0679. The Morgan fingerprint density at radius 2 is 2.00 bits per heavy atom. The van der Waals surface area contributed by atoms with Crippen LogP contribution in [0.3, 0.4) is 0 Å². The number of hydrogen-bond donors (Lipinski definition) is 1. The standard InChI is InChI=1S/C15H24ClN3O/c1-15(2,3)19-14(20)13(16)12(10-18-19)17-9-11-7-5-4-6-8-11/h10-11,17H,4-9H2,1-3H3. The van der Waals surface area contributed by atoms with Crippen molar-refractivity contribution in [1.82, 2.24) is 9.78 Å². The minimum Gasteiger partial charge on any atom is -0.382 e. The zero-order valence-electron chi connectivity index (χ0n) is 12.6. The van der Waals surface area contributed by atoms with Crippen LogP contribution < -0.4 is 10.9 Å². The van der Waals surface area contributed by atoms with E-state index in [0.717, 1.165) is 6.54 Å². The van der Waals surface area contributed by atoms with E-state index in [1.807, 2.05) is 20.8 Å². The van der Waals surface area contributed by atoms with Gasteiger partial charge in [0.25, 0.3) is 5.56 Å². The van der Waals surface area contributed by atoms with Crippen LogP contribution >= 0.6 is 11.6 Å². The Morgan fingerprint density at radius 1 is 1.35 bits per heavy atom. The van der Waals surface area contributed by atoms with Gasteiger partial charge in [0, 0.05) is 6.54 Å². The molecule has 1 heterocycles. The summed E-state index contributed by atoms with van der Waals surface area (Å²) >= 11 is 6.19. The molecule has 0 bridgehead atoms. The number of nitrogens with zero attached hydrogens (tertiary/aromatic N) is 2. The van der Waals surface area contributed by atoms with Crippen molar-refractivity contribution in [3.8, 4) is 0 Å². The maximum atomic E-state index is 12.2. The van der Waals surface area contributed by atoms with Gasteiger partial charge in [0.1, 0.15) is 5.02 Å². The summed E-state index contributed by atoms with van der Waals surface area (Å²) in [5, 5.41) is 7.77. The molecule has 0 aliphatic heterocycles. The van der Waals surface area contributed by atoms with Gasteiger partial charge in [-0.2, -0.15) is 5.10 Å². The van der Waals surface area contributed by atoms with Crippen LogP contribution in [0.5, 0.6) is 0 Å². The van der Waals surface area contributed by atoms with E-state index < -0.39 is 0 Å². The molecule has 1 aromatic heterocycles. The van der Waals surface area contributed by atoms with E-state index in [4.69, 9.17) is 11.6 Å². The van der Waals surface area contributed by atoms with E-state index in [2.05, 4.69) is 10.4 Å². The van der Waals surface area contributed by atoms with Crippen molar-refractivity contribution < 1.29 is 0 Å². The van der Waals surface area contributed by atoms with Crippen LogP contribution in [-0.4, -0.2) is 16.3 Å². The molecule has 1 fully saturated rings. The molecule has 5 heteroatoms. The summed E-state index contributed by atoms with van der Waals surface area (Å²) in [4.78, 5) is 12.2. The molecule has 0 saturated heterocycles. The molecule has 0 atom stereocenters. The molecule has 1 aliphatic rings. The topological polar surface area (TPSA) is 46.9 Å². The Hall–Kier alpha value is -1.03. The minimum atomic E-state index is -0.359. The fourth-order valence-corrected chi connectivity index (χ4v) is 2.88. The number of nitrogens with one attached hydrogen (secondary N) is 1. The summed E-state index contributed by atoms with van der Waals surface area (Å²) in [7, 11) is 0. The van der Waals surface area contributed by atoms with Gasteiger partial charge in [0.05, 0.1) is 17.4 Å². The van der Waals surface area contributed by atoms with Gasteiger partial charge in [-0.25, -0.2) is 4.68 Å². The van der Waals surface area contributed by atoms with Crippen LogP contribution in [0.4, 0.5) is 5.69 Å². The van der Waals surface area contributed by atoms with Gasteiger partial charge >= 0.3 is 0 Å². The molecule has 1 aliphatic carbocycles. The van der Waals surface area contributed by atoms with Crippen LogP contribution in [0, 0.1) is 5.92 Å². The highest BCUT2D eigenvalue weighted by Gasteiger charge is 2.20. The summed E-state index contributed by atoms with van der Waals surface area (Å²) in [6, 6.07) is 0. The number of rotatable bonds is 3. The van der Waals surface area contributed by atoms with E-state index in [1.54, 1.807) is 6.20 Å². The fourth-order valence-electron chi connectivity index (χ4n) is 2.68. The average molecular weight is 298 g/mol. The zero-order chi connectivity index (χ0) is 14.8. The Balaban J connectivity index is 2.09. The quantitative estimate of drug-likeness (QED) is 0.926. The third-order valence-corrected chi connectivity index (χ3v) is 4.23. The number of halogens is 1. The van der Waals surface area contributed by atoms with Crippen LogP contribution in [0.25, 0.3) is 0 Å². The van der Waals surface area contributed by atoms with Crippen LogP contribution in [-0.2, 0) is 5.54 Å². The predicted molar refractivity (Wildman–Crippen MR) is 83.6 cm³/mol. The van der Waals surface area contributed by atoms with Gasteiger partial charge in [0.2, 0.25) is 0 Å². The molecular weight excluding hydrogens is 274 g/mol. The summed E-state index contributed by atoms with van der Waals surface area (Å²) in [6.45, 7) is 6.69. The lowest BCUT2D eigenvalue weighted by molar-refractivity contribution is 0.338. The van der Waals surface area contributed by atoms with E-state index in [-0.39, 0.29) is 16.1 Å². The molecule has 0 unspecified atom stereocenters. The second kappa shape index (κ2) is 6.17. The first kappa shape index (κ1) is 15.4. The van der Waals surface area contributed by atoms with Crippen molar-refractivity contribution in [2.24, 2.45) is 5.92 Å². The Morgan fingerprint density at radius 3 is 2.60 bits per heavy atom. The first-order valence-corrected chi connectivity index (χ1v) is 7.79. The minimum absolute atomic E-state index is 0.229. The summed E-state index contributed by atoms with van der Waals surface area (Å²) in [5.74, 6) is 0.685. The molecule has 0 radical (unpaired) electrons. The van der Waals surface area contributed by atoms with E-state index in [1.165, 1.54) is 36.8 Å². The first-order valence-electron chi connectivity index (χ1n) is 7.42. The van der Waals surface area contributed by atoms with E-state index >= 15 is 0 Å². The van der Waals surface area contributed by atoms with Crippen molar-refractivity contribution >= 4 is 17.3 Å². The van der Waals surface area contributed by atoms with Crippen LogP contribution in [0.15, 0.2) is 11.0 Å². The van der Waals surface area contributed by atoms with Crippen molar-refractivity contribution in [2.75, 3.05) is 11.9 Å². The average Bonchev–Trinajstić information content (AvgIpc) is 2.40. The van der Waals surface area contributed by atoms with Gasteiger partial charge in [-0.05, 0) is 39.5 Å². The number of anilines is 1. The predicted octanol–water partition coefficient (Wildman–Crippen LogP) is 3.64. The van der Waals surface area contributed by atoms with E-state index in [0.29, 0.717) is 11.6 Å². The van der Waals surface area contributed by atoms with Crippen molar-refractivity contribution in [3.05, 3.63) is 21.6 Å². The summed E-state index contributed by atoms with van der Waals surface area (Å²) in [6.07, 6.45) is 8.15. The SMILES string of the molecule is CC(C)(C)n1ncc(NCC2CCCCC2)c(Cl)c1=O. The highest BCUT2D eigenvalue weighted by Crippen LogP contribution is 2.25. The van der Waals surface area contributed by atoms with Gasteiger partial charge in [-0.3, -0.25) is 4.79 Å². The van der Waals surface area contributed by atoms with Gasteiger partial charge < -0.3 is 5.32 Å².